The number of aliphatic hydroxyl groups excluding tert-OH is 1. The number of hydrogen-bond acceptors (Lipinski definition) is 8. The summed E-state index contributed by atoms with van der Waals surface area (Å²) in [5.41, 5.74) is 5.90. The quantitative estimate of drug-likeness (QED) is 0.169. The molecule has 1 aliphatic rings. The molecule has 18 nitrogen and oxygen atoms in total. The second kappa shape index (κ2) is 12.0. The van der Waals surface area contributed by atoms with Crippen molar-refractivity contribution in [2.75, 3.05) is 5.73 Å². The summed E-state index contributed by atoms with van der Waals surface area (Å²) < 4.78 is 48.0. The molecule has 0 bridgehead atoms. The van der Waals surface area contributed by atoms with E-state index in [0.717, 1.165) is 0 Å². The standard InChI is InChI=1S/C12H15FN4O2.3H3O4P/c1-12(2)10(18)8(13)9(19-12)6-3-4-7-11(14)15-5-16-17(6)7;3*1-5(2,3)4/h3-5,8-10,18H,1-2H3,(H2,14,15,16);3*(H3,1,2,3,4)/t8-,9-,10-;;;/m0.../s1. The van der Waals surface area contributed by atoms with Crippen LogP contribution in [0.3, 0.4) is 0 Å². The summed E-state index contributed by atoms with van der Waals surface area (Å²) in [6.07, 6.45) is -2.26. The minimum absolute atomic E-state index is 0.314. The number of rotatable bonds is 1. The predicted octanol–water partition coefficient (Wildman–Crippen LogP) is -1.93. The maximum Gasteiger partial charge on any atom is 0.466 e. The summed E-state index contributed by atoms with van der Waals surface area (Å²) in [5.74, 6) is 0.314. The number of alkyl halides is 1. The van der Waals surface area contributed by atoms with Crippen molar-refractivity contribution < 1.29 is 72.0 Å². The number of phosphoric acid groups is 3. The normalized spacial score (nSPS) is 22.0. The molecular formula is C12H24FN4O14P3. The van der Waals surface area contributed by atoms with Crippen LogP contribution in [0.2, 0.25) is 0 Å². The summed E-state index contributed by atoms with van der Waals surface area (Å²) in [5, 5.41) is 13.9. The summed E-state index contributed by atoms with van der Waals surface area (Å²) in [6.45, 7) is 3.31. The lowest BCUT2D eigenvalue weighted by molar-refractivity contribution is -0.0584. The maximum atomic E-state index is 14.2. The lowest BCUT2D eigenvalue weighted by Crippen LogP contribution is -2.35. The van der Waals surface area contributed by atoms with Gasteiger partial charge in [-0.05, 0) is 26.0 Å². The SMILES string of the molecule is CC1(C)O[C@@H](c2ccc3c(N)ncnn23)[C@H](F)[C@@H]1O.O=P(O)(O)O.O=P(O)(O)O.O=P(O)(O)O. The minimum Gasteiger partial charge on any atom is -0.387 e. The molecule has 2 aromatic rings. The molecule has 1 saturated heterocycles. The molecule has 198 valence electrons. The van der Waals surface area contributed by atoms with Crippen molar-refractivity contribution >= 4 is 34.8 Å². The zero-order valence-electron chi connectivity index (χ0n) is 17.2. The van der Waals surface area contributed by atoms with Gasteiger partial charge in [0.25, 0.3) is 0 Å². The third kappa shape index (κ3) is 13.5. The smallest absolute Gasteiger partial charge is 0.387 e. The van der Waals surface area contributed by atoms with Gasteiger partial charge >= 0.3 is 23.5 Å². The molecule has 0 unspecified atom stereocenters. The molecule has 1 aliphatic heterocycles. The molecular weight excluding hydrogens is 536 g/mol. The van der Waals surface area contributed by atoms with Crippen molar-refractivity contribution in [2.24, 2.45) is 0 Å². The number of nitrogen functional groups attached to an aromatic ring is 1. The first-order valence-electron chi connectivity index (χ1n) is 8.34. The number of aliphatic hydroxyl groups is 1. The molecule has 1 fully saturated rings. The van der Waals surface area contributed by atoms with Crippen LogP contribution in [0.1, 0.15) is 25.6 Å². The number of anilines is 1. The molecule has 3 heterocycles. The fraction of sp³-hybridized carbons (Fsp3) is 0.500. The van der Waals surface area contributed by atoms with Crippen molar-refractivity contribution in [3.8, 4) is 0 Å². The van der Waals surface area contributed by atoms with E-state index < -0.39 is 47.4 Å². The fourth-order valence-corrected chi connectivity index (χ4v) is 2.42. The van der Waals surface area contributed by atoms with Crippen molar-refractivity contribution in [3.63, 3.8) is 0 Å². The summed E-state index contributed by atoms with van der Waals surface area (Å²) >= 11 is 0. The Balaban J connectivity index is 0.000000599. The van der Waals surface area contributed by atoms with E-state index in [1.54, 1.807) is 26.0 Å². The van der Waals surface area contributed by atoms with Crippen LogP contribution in [0.25, 0.3) is 5.52 Å². The number of ether oxygens (including phenoxy) is 1. The van der Waals surface area contributed by atoms with Gasteiger partial charge in [-0.15, -0.1) is 0 Å². The van der Waals surface area contributed by atoms with Crippen LogP contribution in [-0.2, 0) is 18.4 Å². The minimum atomic E-state index is -4.64. The van der Waals surface area contributed by atoms with Crippen LogP contribution < -0.4 is 5.73 Å². The number of hydrogen-bond donors (Lipinski definition) is 11. The van der Waals surface area contributed by atoms with E-state index in [9.17, 15) is 9.50 Å². The van der Waals surface area contributed by atoms with Gasteiger partial charge in [-0.25, -0.2) is 27.6 Å². The molecule has 2 aromatic heterocycles. The van der Waals surface area contributed by atoms with Gasteiger partial charge in [-0.3, -0.25) is 0 Å². The molecule has 0 amide bonds. The van der Waals surface area contributed by atoms with E-state index in [1.165, 1.54) is 10.8 Å². The van der Waals surface area contributed by atoms with Crippen LogP contribution >= 0.6 is 23.5 Å². The van der Waals surface area contributed by atoms with Crippen molar-refractivity contribution in [2.45, 2.75) is 37.8 Å². The van der Waals surface area contributed by atoms with Gasteiger partial charge in [0.15, 0.2) is 12.0 Å². The molecule has 0 radical (unpaired) electrons. The molecule has 0 spiro atoms. The Morgan fingerprint density at radius 3 is 1.74 bits per heavy atom. The van der Waals surface area contributed by atoms with Gasteiger partial charge in [0.1, 0.15) is 24.1 Å². The van der Waals surface area contributed by atoms with E-state index in [-0.39, 0.29) is 0 Å². The highest BCUT2D eigenvalue weighted by Crippen LogP contribution is 2.41. The Hall–Kier alpha value is -1.40. The molecule has 3 atom stereocenters. The Morgan fingerprint density at radius 1 is 0.971 bits per heavy atom. The van der Waals surface area contributed by atoms with E-state index in [1.807, 2.05) is 0 Å². The van der Waals surface area contributed by atoms with Crippen molar-refractivity contribution in [1.82, 2.24) is 14.6 Å². The van der Waals surface area contributed by atoms with Gasteiger partial charge in [-0.1, -0.05) is 0 Å². The number of nitrogens with two attached hydrogens (primary N) is 1. The topological polar surface area (TPSA) is 319 Å². The van der Waals surface area contributed by atoms with Crippen LogP contribution in [-0.4, -0.2) is 81.6 Å². The summed E-state index contributed by atoms with van der Waals surface area (Å²) in [4.78, 5) is 68.6. The Bertz CT molecular complexity index is 1010. The van der Waals surface area contributed by atoms with Gasteiger partial charge < -0.3 is 59.6 Å². The zero-order chi connectivity index (χ0) is 27.3. The number of halogens is 1. The van der Waals surface area contributed by atoms with Crippen molar-refractivity contribution in [3.05, 3.63) is 24.2 Å². The van der Waals surface area contributed by atoms with Gasteiger partial charge in [0.2, 0.25) is 0 Å². The Labute approximate surface area is 189 Å². The predicted molar refractivity (Wildman–Crippen MR) is 109 cm³/mol. The van der Waals surface area contributed by atoms with Crippen LogP contribution in [0.4, 0.5) is 10.2 Å². The first-order chi connectivity index (χ1) is 14.9. The average molecular weight is 560 g/mol. The Morgan fingerprint density at radius 2 is 1.38 bits per heavy atom. The summed E-state index contributed by atoms with van der Waals surface area (Å²) in [7, 11) is -13.9. The third-order valence-corrected chi connectivity index (χ3v) is 3.54. The Kier molecular flexibility index (Phi) is 11.5. The molecule has 34 heavy (non-hydrogen) atoms. The van der Waals surface area contributed by atoms with E-state index >= 15 is 0 Å². The molecule has 3 rings (SSSR count). The van der Waals surface area contributed by atoms with Crippen LogP contribution in [0.15, 0.2) is 18.5 Å². The lowest BCUT2D eigenvalue weighted by atomic mass is 9.99. The highest BCUT2D eigenvalue weighted by atomic mass is 31.2. The number of nitrogens with zero attached hydrogens (tertiary/aromatic N) is 3. The van der Waals surface area contributed by atoms with Gasteiger partial charge in [0.05, 0.1) is 11.3 Å². The number of aromatic nitrogens is 3. The first-order valence-corrected chi connectivity index (χ1v) is 13.0. The van der Waals surface area contributed by atoms with Crippen molar-refractivity contribution in [1.29, 1.82) is 0 Å². The zero-order valence-corrected chi connectivity index (χ0v) is 19.9. The second-order valence-electron chi connectivity index (χ2n) is 6.77. The highest BCUT2D eigenvalue weighted by molar-refractivity contribution is 7.45. The largest absolute Gasteiger partial charge is 0.466 e. The maximum absolute atomic E-state index is 14.2. The molecule has 12 N–H and O–H groups in total. The monoisotopic (exact) mass is 560 g/mol. The van der Waals surface area contributed by atoms with E-state index in [0.29, 0.717) is 17.0 Å². The third-order valence-electron chi connectivity index (χ3n) is 3.54. The van der Waals surface area contributed by atoms with E-state index in [4.69, 9.17) is 68.2 Å². The molecule has 0 aromatic carbocycles. The average Bonchev–Trinajstić information content (AvgIpc) is 3.06. The van der Waals surface area contributed by atoms with E-state index in [2.05, 4.69) is 10.1 Å². The molecule has 0 aliphatic carbocycles. The number of fused-ring (bicyclic) bond motifs is 1. The molecule has 0 saturated carbocycles. The molecule has 22 heteroatoms. The fourth-order valence-electron chi connectivity index (χ4n) is 2.42. The highest BCUT2D eigenvalue weighted by Gasteiger charge is 2.50. The van der Waals surface area contributed by atoms with Gasteiger partial charge in [-0.2, -0.15) is 5.10 Å². The van der Waals surface area contributed by atoms with Gasteiger partial charge in [0, 0.05) is 0 Å². The second-order valence-corrected chi connectivity index (χ2v) is 9.85. The summed E-state index contributed by atoms with van der Waals surface area (Å²) in [6, 6.07) is 3.39. The van der Waals surface area contributed by atoms with Crippen LogP contribution in [0.5, 0.6) is 0 Å². The lowest BCUT2D eigenvalue weighted by Gasteiger charge is -2.21. The van der Waals surface area contributed by atoms with Crippen LogP contribution in [0, 0.1) is 0 Å². The first kappa shape index (κ1) is 32.6.